The van der Waals surface area contributed by atoms with Gasteiger partial charge in [0.05, 0.1) is 34.5 Å². The SMILES string of the molecule is CCc1nc(C)cn2nc(-c3cc(=O)n4cc(N5CCN(CCF)CC5)ccc4n3)cc12. The van der Waals surface area contributed by atoms with E-state index in [2.05, 4.69) is 26.8 Å². The number of halogens is 1. The molecule has 0 aliphatic carbocycles. The summed E-state index contributed by atoms with van der Waals surface area (Å²) in [6.07, 6.45) is 4.52. The van der Waals surface area contributed by atoms with Crippen LogP contribution in [-0.4, -0.2) is 68.3 Å². The average molecular weight is 436 g/mol. The third-order valence-corrected chi connectivity index (χ3v) is 6.03. The molecule has 0 aromatic carbocycles. The van der Waals surface area contributed by atoms with Crippen molar-refractivity contribution in [2.75, 3.05) is 44.3 Å². The normalized spacial score (nSPS) is 15.2. The van der Waals surface area contributed by atoms with E-state index in [9.17, 15) is 9.18 Å². The Morgan fingerprint density at radius 2 is 1.84 bits per heavy atom. The maximum absolute atomic E-state index is 12.9. The van der Waals surface area contributed by atoms with Crippen molar-refractivity contribution in [3.63, 3.8) is 0 Å². The predicted octanol–water partition coefficient (Wildman–Crippen LogP) is 2.37. The van der Waals surface area contributed by atoms with E-state index in [1.165, 1.54) is 6.07 Å². The number of piperazine rings is 1. The summed E-state index contributed by atoms with van der Waals surface area (Å²) in [5.74, 6) is 0. The van der Waals surface area contributed by atoms with Crippen LogP contribution in [0.5, 0.6) is 0 Å². The second kappa shape index (κ2) is 8.31. The fraction of sp³-hybridized carbons (Fsp3) is 0.391. The van der Waals surface area contributed by atoms with Gasteiger partial charge in [-0.05, 0) is 31.5 Å². The highest BCUT2D eigenvalue weighted by molar-refractivity contribution is 5.66. The third kappa shape index (κ3) is 3.73. The first-order valence-corrected chi connectivity index (χ1v) is 11.0. The van der Waals surface area contributed by atoms with Gasteiger partial charge >= 0.3 is 0 Å². The van der Waals surface area contributed by atoms with Crippen molar-refractivity contribution in [2.45, 2.75) is 20.3 Å². The lowest BCUT2D eigenvalue weighted by Crippen LogP contribution is -2.47. The average Bonchev–Trinajstić information content (AvgIpc) is 3.23. The predicted molar refractivity (Wildman–Crippen MR) is 122 cm³/mol. The second-order valence-electron chi connectivity index (χ2n) is 8.15. The molecule has 0 bridgehead atoms. The molecule has 0 radical (unpaired) electrons. The van der Waals surface area contributed by atoms with Gasteiger partial charge in [0, 0.05) is 45.0 Å². The standard InChI is InChI=1S/C23H26FN7O/c1-3-18-21-12-20(27-31(21)14-16(2)25-18)19-13-23(32)30-15-17(4-5-22(30)26-19)29-10-8-28(7-6-24)9-11-29/h4-5,12-15H,3,6-11H2,1-2H3. The minimum atomic E-state index is -0.318. The van der Waals surface area contributed by atoms with E-state index in [0.717, 1.165) is 55.2 Å². The lowest BCUT2D eigenvalue weighted by atomic mass is 10.2. The molecule has 0 amide bonds. The van der Waals surface area contributed by atoms with Crippen molar-refractivity contribution in [3.05, 3.63) is 58.4 Å². The summed E-state index contributed by atoms with van der Waals surface area (Å²) < 4.78 is 16.0. The summed E-state index contributed by atoms with van der Waals surface area (Å²) in [7, 11) is 0. The van der Waals surface area contributed by atoms with Crippen LogP contribution in [0.2, 0.25) is 0 Å². The van der Waals surface area contributed by atoms with Gasteiger partial charge in [0.2, 0.25) is 0 Å². The third-order valence-electron chi connectivity index (χ3n) is 6.03. The smallest absolute Gasteiger partial charge is 0.258 e. The van der Waals surface area contributed by atoms with E-state index in [1.54, 1.807) is 4.40 Å². The molecule has 166 valence electrons. The molecule has 0 saturated carbocycles. The Hall–Kier alpha value is -3.33. The molecular weight excluding hydrogens is 409 g/mol. The zero-order chi connectivity index (χ0) is 22.2. The number of pyridine rings is 1. The maximum atomic E-state index is 12.9. The fourth-order valence-corrected chi connectivity index (χ4v) is 4.33. The van der Waals surface area contributed by atoms with Crippen molar-refractivity contribution < 1.29 is 4.39 Å². The Labute approximate surface area is 184 Å². The molecule has 0 unspecified atom stereocenters. The summed E-state index contributed by atoms with van der Waals surface area (Å²) >= 11 is 0. The lowest BCUT2D eigenvalue weighted by molar-refractivity contribution is 0.235. The molecule has 1 aliphatic heterocycles. The quantitative estimate of drug-likeness (QED) is 0.479. The van der Waals surface area contributed by atoms with Crippen LogP contribution in [0.3, 0.4) is 0 Å². The minimum Gasteiger partial charge on any atom is -0.368 e. The van der Waals surface area contributed by atoms with Gasteiger partial charge in [0.1, 0.15) is 18.0 Å². The summed E-state index contributed by atoms with van der Waals surface area (Å²) in [5, 5.41) is 4.64. The van der Waals surface area contributed by atoms with Gasteiger partial charge in [-0.25, -0.2) is 13.9 Å². The van der Waals surface area contributed by atoms with Crippen LogP contribution < -0.4 is 10.5 Å². The van der Waals surface area contributed by atoms with Crippen LogP contribution >= 0.6 is 0 Å². The number of aromatic nitrogens is 5. The van der Waals surface area contributed by atoms with Crippen LogP contribution in [0.15, 0.2) is 41.5 Å². The van der Waals surface area contributed by atoms with E-state index < -0.39 is 0 Å². The van der Waals surface area contributed by atoms with Crippen molar-refractivity contribution in [1.29, 1.82) is 0 Å². The van der Waals surface area contributed by atoms with Crippen LogP contribution in [-0.2, 0) is 6.42 Å². The first-order chi connectivity index (χ1) is 15.6. The van der Waals surface area contributed by atoms with E-state index in [-0.39, 0.29) is 12.2 Å². The number of hydrogen-bond donors (Lipinski definition) is 0. The van der Waals surface area contributed by atoms with Crippen LogP contribution in [0.1, 0.15) is 18.3 Å². The van der Waals surface area contributed by atoms with Gasteiger partial charge in [0.15, 0.2) is 0 Å². The lowest BCUT2D eigenvalue weighted by Gasteiger charge is -2.35. The first kappa shape index (κ1) is 20.6. The van der Waals surface area contributed by atoms with Crippen molar-refractivity contribution >= 4 is 16.9 Å². The zero-order valence-electron chi connectivity index (χ0n) is 18.3. The Bertz CT molecular complexity index is 1340. The summed E-state index contributed by atoms with van der Waals surface area (Å²) in [6, 6.07) is 7.33. The fourth-order valence-electron chi connectivity index (χ4n) is 4.33. The molecule has 1 aliphatic rings. The molecule has 4 aromatic heterocycles. The molecule has 32 heavy (non-hydrogen) atoms. The van der Waals surface area contributed by atoms with Gasteiger partial charge in [-0.2, -0.15) is 5.10 Å². The Morgan fingerprint density at radius 1 is 1.03 bits per heavy atom. The van der Waals surface area contributed by atoms with Crippen LogP contribution in [0.25, 0.3) is 22.6 Å². The Kier molecular flexibility index (Phi) is 5.34. The zero-order valence-corrected chi connectivity index (χ0v) is 18.3. The van der Waals surface area contributed by atoms with E-state index in [0.29, 0.717) is 23.6 Å². The summed E-state index contributed by atoms with van der Waals surface area (Å²) in [5.41, 5.74) is 5.39. The number of fused-ring (bicyclic) bond motifs is 2. The monoisotopic (exact) mass is 435 g/mol. The topological polar surface area (TPSA) is 71.0 Å². The molecule has 4 aromatic rings. The molecule has 0 spiro atoms. The number of anilines is 1. The van der Waals surface area contributed by atoms with Gasteiger partial charge in [-0.1, -0.05) is 6.92 Å². The van der Waals surface area contributed by atoms with E-state index in [4.69, 9.17) is 4.98 Å². The molecule has 8 nitrogen and oxygen atoms in total. The molecule has 0 N–H and O–H groups in total. The van der Waals surface area contributed by atoms with E-state index >= 15 is 0 Å². The first-order valence-electron chi connectivity index (χ1n) is 11.0. The largest absolute Gasteiger partial charge is 0.368 e. The van der Waals surface area contributed by atoms with Crippen molar-refractivity contribution in [1.82, 2.24) is 28.9 Å². The van der Waals surface area contributed by atoms with Crippen molar-refractivity contribution in [2.24, 2.45) is 0 Å². The highest BCUT2D eigenvalue weighted by atomic mass is 19.1. The number of rotatable bonds is 5. The minimum absolute atomic E-state index is 0.148. The highest BCUT2D eigenvalue weighted by Gasteiger charge is 2.18. The molecule has 5 rings (SSSR count). The molecule has 1 saturated heterocycles. The van der Waals surface area contributed by atoms with Crippen molar-refractivity contribution in [3.8, 4) is 11.4 Å². The molecule has 9 heteroatoms. The maximum Gasteiger partial charge on any atom is 0.258 e. The van der Waals surface area contributed by atoms with Gasteiger partial charge in [-0.15, -0.1) is 0 Å². The summed E-state index contributed by atoms with van der Waals surface area (Å²) in [4.78, 5) is 26.6. The Balaban J connectivity index is 1.48. The molecule has 1 fully saturated rings. The van der Waals surface area contributed by atoms with Gasteiger partial charge in [0.25, 0.3) is 5.56 Å². The second-order valence-corrected chi connectivity index (χ2v) is 8.15. The molecular formula is C23H26FN7O. The molecule has 5 heterocycles. The highest BCUT2D eigenvalue weighted by Crippen LogP contribution is 2.21. The number of aryl methyl sites for hydroxylation is 2. The van der Waals surface area contributed by atoms with Gasteiger partial charge < -0.3 is 4.90 Å². The Morgan fingerprint density at radius 3 is 2.59 bits per heavy atom. The summed E-state index contributed by atoms with van der Waals surface area (Å²) in [6.45, 7) is 7.41. The van der Waals surface area contributed by atoms with Crippen LogP contribution in [0.4, 0.5) is 10.1 Å². The van der Waals surface area contributed by atoms with Crippen LogP contribution in [0, 0.1) is 6.92 Å². The van der Waals surface area contributed by atoms with E-state index in [1.807, 2.05) is 42.0 Å². The van der Waals surface area contributed by atoms with Gasteiger partial charge in [-0.3, -0.25) is 19.1 Å². The number of hydrogen-bond acceptors (Lipinski definition) is 6. The number of alkyl halides is 1. The molecule has 0 atom stereocenters. The number of nitrogens with zero attached hydrogens (tertiary/aromatic N) is 7.